The van der Waals surface area contributed by atoms with Gasteiger partial charge in [-0.05, 0) is 30.7 Å². The van der Waals surface area contributed by atoms with Gasteiger partial charge in [0, 0.05) is 5.56 Å². The summed E-state index contributed by atoms with van der Waals surface area (Å²) >= 11 is 0. The number of aromatic nitrogens is 4. The first kappa shape index (κ1) is 15.9. The number of fused-ring (bicyclic) bond motifs is 1. The normalized spacial score (nSPS) is 11.2. The molecule has 0 saturated heterocycles. The van der Waals surface area contributed by atoms with E-state index in [0.29, 0.717) is 11.5 Å². The van der Waals surface area contributed by atoms with E-state index >= 15 is 0 Å². The van der Waals surface area contributed by atoms with Crippen LogP contribution in [0, 0.1) is 0 Å². The molecule has 2 heterocycles. The molecule has 0 fully saturated rings. The van der Waals surface area contributed by atoms with Crippen molar-refractivity contribution in [3.05, 3.63) is 48.3 Å². The van der Waals surface area contributed by atoms with Crippen molar-refractivity contribution in [3.8, 4) is 5.75 Å². The van der Waals surface area contributed by atoms with Crippen molar-refractivity contribution in [1.29, 1.82) is 0 Å². The molecular formula is C17H20N6O. The highest BCUT2D eigenvalue weighted by Gasteiger charge is 2.01. The predicted molar refractivity (Wildman–Crippen MR) is 93.5 cm³/mol. The van der Waals surface area contributed by atoms with E-state index in [2.05, 4.69) is 32.7 Å². The first-order valence-electron chi connectivity index (χ1n) is 8.05. The Balaban J connectivity index is 1.63. The second kappa shape index (κ2) is 8.05. The van der Waals surface area contributed by atoms with Gasteiger partial charge in [0.2, 0.25) is 0 Å². The maximum atomic E-state index is 5.83. The highest BCUT2D eigenvalue weighted by Crippen LogP contribution is 2.16. The molecule has 2 aromatic heterocycles. The second-order valence-corrected chi connectivity index (χ2v) is 5.32. The van der Waals surface area contributed by atoms with Crippen molar-refractivity contribution >= 4 is 17.7 Å². The molecule has 1 aromatic carbocycles. The maximum Gasteiger partial charge on any atom is 0.177 e. The fourth-order valence-corrected chi connectivity index (χ4v) is 2.21. The van der Waals surface area contributed by atoms with Crippen molar-refractivity contribution in [3.63, 3.8) is 0 Å². The van der Waals surface area contributed by atoms with Crippen LogP contribution < -0.4 is 10.2 Å². The van der Waals surface area contributed by atoms with Crippen LogP contribution in [-0.2, 0) is 0 Å². The van der Waals surface area contributed by atoms with Gasteiger partial charge < -0.3 is 4.74 Å². The summed E-state index contributed by atoms with van der Waals surface area (Å²) in [7, 11) is 0. The lowest BCUT2D eigenvalue weighted by Gasteiger charge is -2.08. The fraction of sp³-hybridized carbons (Fsp3) is 0.294. The molecular weight excluding hydrogens is 304 g/mol. The van der Waals surface area contributed by atoms with Gasteiger partial charge >= 0.3 is 0 Å². The molecule has 0 saturated carbocycles. The molecule has 1 N–H and O–H groups in total. The number of hydrogen-bond acceptors (Lipinski definition) is 6. The lowest BCUT2D eigenvalue weighted by Crippen LogP contribution is -2.01. The average Bonchev–Trinajstić information content (AvgIpc) is 3.08. The van der Waals surface area contributed by atoms with Crippen molar-refractivity contribution in [2.75, 3.05) is 12.0 Å². The van der Waals surface area contributed by atoms with Crippen LogP contribution in [0.15, 0.2) is 47.8 Å². The van der Waals surface area contributed by atoms with Crippen LogP contribution in [0.4, 0.5) is 5.82 Å². The number of benzene rings is 1. The first-order valence-corrected chi connectivity index (χ1v) is 8.05. The number of para-hydroxylation sites is 1. The standard InChI is InChI=1S/C17H20N6O/c1-2-3-6-11-24-15-8-5-4-7-14(15)12-18-20-16-9-10-17-21-19-13-23(17)22-16/h4-5,7-10,12-13H,2-3,6,11H2,1H3,(H,20,22)/b18-12-. The fourth-order valence-electron chi connectivity index (χ4n) is 2.21. The number of hydrogen-bond donors (Lipinski definition) is 1. The van der Waals surface area contributed by atoms with E-state index in [-0.39, 0.29) is 0 Å². The Morgan fingerprint density at radius 2 is 2.12 bits per heavy atom. The number of nitrogens with zero attached hydrogens (tertiary/aromatic N) is 5. The third-order valence-electron chi connectivity index (χ3n) is 3.47. The summed E-state index contributed by atoms with van der Waals surface area (Å²) in [4.78, 5) is 0. The van der Waals surface area contributed by atoms with Crippen molar-refractivity contribution in [1.82, 2.24) is 19.8 Å². The van der Waals surface area contributed by atoms with Crippen LogP contribution in [0.25, 0.3) is 5.65 Å². The zero-order valence-corrected chi connectivity index (χ0v) is 13.6. The molecule has 24 heavy (non-hydrogen) atoms. The summed E-state index contributed by atoms with van der Waals surface area (Å²) in [6.45, 7) is 2.90. The molecule has 7 nitrogen and oxygen atoms in total. The maximum absolute atomic E-state index is 5.83. The smallest absolute Gasteiger partial charge is 0.177 e. The van der Waals surface area contributed by atoms with E-state index in [1.807, 2.05) is 30.3 Å². The van der Waals surface area contributed by atoms with Gasteiger partial charge in [-0.25, -0.2) is 0 Å². The lowest BCUT2D eigenvalue weighted by molar-refractivity contribution is 0.306. The second-order valence-electron chi connectivity index (χ2n) is 5.32. The van der Waals surface area contributed by atoms with E-state index in [4.69, 9.17) is 4.74 Å². The van der Waals surface area contributed by atoms with E-state index < -0.39 is 0 Å². The van der Waals surface area contributed by atoms with Gasteiger partial charge in [-0.3, -0.25) is 5.43 Å². The molecule has 0 aliphatic heterocycles. The van der Waals surface area contributed by atoms with Crippen LogP contribution in [0.1, 0.15) is 31.7 Å². The topological polar surface area (TPSA) is 76.7 Å². The molecule has 0 unspecified atom stereocenters. The van der Waals surface area contributed by atoms with Gasteiger partial charge in [-0.2, -0.15) is 9.62 Å². The molecule has 0 aliphatic rings. The highest BCUT2D eigenvalue weighted by atomic mass is 16.5. The summed E-state index contributed by atoms with van der Waals surface area (Å²) in [5.41, 5.74) is 4.52. The van der Waals surface area contributed by atoms with Gasteiger partial charge in [0.1, 0.15) is 12.1 Å². The number of ether oxygens (including phenoxy) is 1. The molecule has 124 valence electrons. The van der Waals surface area contributed by atoms with Gasteiger partial charge in [-0.1, -0.05) is 31.9 Å². The molecule has 0 radical (unpaired) electrons. The summed E-state index contributed by atoms with van der Waals surface area (Å²) in [6, 6.07) is 11.5. The molecule has 0 bridgehead atoms. The Bertz CT molecular complexity index is 813. The van der Waals surface area contributed by atoms with Crippen molar-refractivity contribution in [2.24, 2.45) is 5.10 Å². The van der Waals surface area contributed by atoms with Crippen LogP contribution in [0.2, 0.25) is 0 Å². The number of unbranched alkanes of at least 4 members (excludes halogenated alkanes) is 2. The lowest BCUT2D eigenvalue weighted by atomic mass is 10.2. The molecule has 7 heteroatoms. The van der Waals surface area contributed by atoms with Gasteiger partial charge in [0.05, 0.1) is 12.8 Å². The molecule has 3 aromatic rings. The Morgan fingerprint density at radius 1 is 1.21 bits per heavy atom. The Labute approximate surface area is 140 Å². The van der Waals surface area contributed by atoms with Crippen LogP contribution in [0.5, 0.6) is 5.75 Å². The molecule has 0 amide bonds. The quantitative estimate of drug-likeness (QED) is 0.391. The van der Waals surface area contributed by atoms with Crippen LogP contribution >= 0.6 is 0 Å². The van der Waals surface area contributed by atoms with Crippen LogP contribution in [-0.4, -0.2) is 32.6 Å². The van der Waals surface area contributed by atoms with Crippen LogP contribution in [0.3, 0.4) is 0 Å². The van der Waals surface area contributed by atoms with Gasteiger partial charge in [0.15, 0.2) is 11.5 Å². The summed E-state index contributed by atoms with van der Waals surface area (Å²) in [5.74, 6) is 1.45. The number of hydrazone groups is 1. The Morgan fingerprint density at radius 3 is 3.04 bits per heavy atom. The minimum Gasteiger partial charge on any atom is -0.493 e. The SMILES string of the molecule is CCCCCOc1ccccc1/C=N\Nc1ccc2nncn2n1. The third kappa shape index (κ3) is 4.07. The van der Waals surface area contributed by atoms with E-state index in [0.717, 1.165) is 24.3 Å². The largest absolute Gasteiger partial charge is 0.493 e. The number of anilines is 1. The summed E-state index contributed by atoms with van der Waals surface area (Å²) in [6.07, 6.45) is 6.69. The zero-order valence-electron chi connectivity index (χ0n) is 13.6. The summed E-state index contributed by atoms with van der Waals surface area (Å²) in [5, 5.41) is 16.2. The van der Waals surface area contributed by atoms with Gasteiger partial charge in [0.25, 0.3) is 0 Å². The average molecular weight is 324 g/mol. The highest BCUT2D eigenvalue weighted by molar-refractivity contribution is 5.83. The molecule has 0 aliphatic carbocycles. The monoisotopic (exact) mass is 324 g/mol. The van der Waals surface area contributed by atoms with E-state index in [9.17, 15) is 0 Å². The van der Waals surface area contributed by atoms with Crippen molar-refractivity contribution < 1.29 is 4.74 Å². The minimum absolute atomic E-state index is 0.611. The van der Waals surface area contributed by atoms with Gasteiger partial charge in [-0.15, -0.1) is 15.3 Å². The zero-order chi connectivity index (χ0) is 16.6. The van der Waals surface area contributed by atoms with E-state index in [1.54, 1.807) is 23.1 Å². The first-order chi connectivity index (χ1) is 11.9. The predicted octanol–water partition coefficient (Wildman–Crippen LogP) is 3.14. The summed E-state index contributed by atoms with van der Waals surface area (Å²) < 4.78 is 7.42. The molecule has 3 rings (SSSR count). The minimum atomic E-state index is 0.611. The van der Waals surface area contributed by atoms with Crippen molar-refractivity contribution in [2.45, 2.75) is 26.2 Å². The molecule has 0 spiro atoms. The number of nitrogens with one attached hydrogen (secondary N) is 1. The Kier molecular flexibility index (Phi) is 5.34. The Hall–Kier alpha value is -2.96. The number of rotatable bonds is 8. The third-order valence-corrected chi connectivity index (χ3v) is 3.47. The molecule has 0 atom stereocenters. The van der Waals surface area contributed by atoms with E-state index in [1.165, 1.54) is 12.8 Å².